The highest BCUT2D eigenvalue weighted by Gasteiger charge is 2.21. The maximum Gasteiger partial charge on any atom is 0.307 e. The summed E-state index contributed by atoms with van der Waals surface area (Å²) in [5, 5.41) is 2.76. The number of hydrogen-bond acceptors (Lipinski definition) is 5. The Kier molecular flexibility index (Phi) is 5.03. The third kappa shape index (κ3) is 4.07. The van der Waals surface area contributed by atoms with Crippen LogP contribution in [0.4, 0.5) is 0 Å². The Labute approximate surface area is 140 Å². The standard InChI is InChI=1S/C18H21NO5/c1-12(24-17(20)9-13-4-2-3-5-13)18(21)19-10-14-6-7-15-16(8-14)23-11-22-15/h2,4,6-8,12-13H,3,5,9-11H2,1H3,(H,19,21). The van der Waals surface area contributed by atoms with Crippen LogP contribution in [0.15, 0.2) is 30.4 Å². The molecule has 1 heterocycles. The van der Waals surface area contributed by atoms with Gasteiger partial charge in [0.25, 0.3) is 5.91 Å². The predicted octanol–water partition coefficient (Wildman–Crippen LogP) is 2.32. The van der Waals surface area contributed by atoms with Crippen LogP contribution >= 0.6 is 0 Å². The molecule has 1 amide bonds. The zero-order valence-electron chi connectivity index (χ0n) is 13.6. The van der Waals surface area contributed by atoms with Gasteiger partial charge < -0.3 is 19.5 Å². The number of hydrogen-bond donors (Lipinski definition) is 1. The minimum atomic E-state index is -0.808. The summed E-state index contributed by atoms with van der Waals surface area (Å²) in [5.74, 6) is 0.959. The minimum absolute atomic E-state index is 0.217. The molecule has 0 spiro atoms. The van der Waals surface area contributed by atoms with Crippen LogP contribution in [0.25, 0.3) is 0 Å². The highest BCUT2D eigenvalue weighted by atomic mass is 16.7. The van der Waals surface area contributed by atoms with Crippen molar-refractivity contribution in [2.75, 3.05) is 6.79 Å². The van der Waals surface area contributed by atoms with Crippen molar-refractivity contribution in [2.45, 2.75) is 38.8 Å². The van der Waals surface area contributed by atoms with E-state index >= 15 is 0 Å². The second kappa shape index (κ2) is 7.38. The first-order chi connectivity index (χ1) is 11.6. The molecule has 128 valence electrons. The van der Waals surface area contributed by atoms with Crippen LogP contribution < -0.4 is 14.8 Å². The fraction of sp³-hybridized carbons (Fsp3) is 0.444. The summed E-state index contributed by atoms with van der Waals surface area (Å²) in [4.78, 5) is 23.9. The van der Waals surface area contributed by atoms with Crippen LogP contribution in [-0.2, 0) is 20.9 Å². The quantitative estimate of drug-likeness (QED) is 0.640. The molecule has 0 radical (unpaired) electrons. The number of nitrogens with one attached hydrogen (secondary N) is 1. The van der Waals surface area contributed by atoms with Crippen molar-refractivity contribution >= 4 is 11.9 Å². The first-order valence-electron chi connectivity index (χ1n) is 8.14. The van der Waals surface area contributed by atoms with Crippen LogP contribution in [0.5, 0.6) is 11.5 Å². The maximum atomic E-state index is 12.1. The van der Waals surface area contributed by atoms with E-state index in [9.17, 15) is 9.59 Å². The third-order valence-electron chi connectivity index (χ3n) is 4.12. The van der Waals surface area contributed by atoms with Crippen LogP contribution in [0.3, 0.4) is 0 Å². The van der Waals surface area contributed by atoms with Gasteiger partial charge in [-0.05, 0) is 43.4 Å². The van der Waals surface area contributed by atoms with E-state index in [1.165, 1.54) is 0 Å². The first-order valence-corrected chi connectivity index (χ1v) is 8.14. The molecule has 3 rings (SSSR count). The molecule has 0 saturated heterocycles. The van der Waals surface area contributed by atoms with E-state index in [-0.39, 0.29) is 24.6 Å². The van der Waals surface area contributed by atoms with Crippen LogP contribution in [-0.4, -0.2) is 24.8 Å². The lowest BCUT2D eigenvalue weighted by atomic mass is 10.1. The smallest absolute Gasteiger partial charge is 0.307 e. The fourth-order valence-electron chi connectivity index (χ4n) is 2.76. The Bertz CT molecular complexity index is 655. The molecular weight excluding hydrogens is 310 g/mol. The monoisotopic (exact) mass is 331 g/mol. The molecule has 0 saturated carbocycles. The predicted molar refractivity (Wildman–Crippen MR) is 86.4 cm³/mol. The highest BCUT2D eigenvalue weighted by molar-refractivity contribution is 5.83. The summed E-state index contributed by atoms with van der Waals surface area (Å²) >= 11 is 0. The van der Waals surface area contributed by atoms with Gasteiger partial charge in [0.05, 0.1) is 6.42 Å². The summed E-state index contributed by atoms with van der Waals surface area (Å²) in [6.45, 7) is 2.13. The number of fused-ring (bicyclic) bond motifs is 1. The van der Waals surface area contributed by atoms with E-state index in [1.807, 2.05) is 24.3 Å². The number of rotatable bonds is 6. The van der Waals surface area contributed by atoms with Crippen molar-refractivity contribution in [1.29, 1.82) is 0 Å². The molecule has 0 bridgehead atoms. The minimum Gasteiger partial charge on any atom is -0.454 e. The molecule has 1 aliphatic carbocycles. The van der Waals surface area contributed by atoms with Gasteiger partial charge in [0.15, 0.2) is 17.6 Å². The summed E-state index contributed by atoms with van der Waals surface area (Å²) in [6, 6.07) is 5.49. The van der Waals surface area contributed by atoms with Gasteiger partial charge in [-0.1, -0.05) is 18.2 Å². The van der Waals surface area contributed by atoms with E-state index in [0.717, 1.165) is 18.4 Å². The summed E-state index contributed by atoms with van der Waals surface area (Å²) < 4.78 is 15.8. The summed E-state index contributed by atoms with van der Waals surface area (Å²) in [7, 11) is 0. The average Bonchev–Trinajstić information content (AvgIpc) is 3.23. The number of allylic oxidation sites excluding steroid dienone is 2. The third-order valence-corrected chi connectivity index (χ3v) is 4.12. The Morgan fingerprint density at radius 1 is 1.33 bits per heavy atom. The molecule has 6 nitrogen and oxygen atoms in total. The van der Waals surface area contributed by atoms with E-state index in [1.54, 1.807) is 6.92 Å². The molecule has 1 aromatic rings. The maximum absolute atomic E-state index is 12.1. The van der Waals surface area contributed by atoms with Gasteiger partial charge in [-0.3, -0.25) is 9.59 Å². The molecule has 0 fully saturated rings. The van der Waals surface area contributed by atoms with E-state index in [2.05, 4.69) is 11.4 Å². The van der Waals surface area contributed by atoms with Crippen molar-refractivity contribution in [3.8, 4) is 11.5 Å². The summed E-state index contributed by atoms with van der Waals surface area (Å²) in [5.41, 5.74) is 0.891. The van der Waals surface area contributed by atoms with Crippen LogP contribution in [0.1, 0.15) is 31.7 Å². The number of amides is 1. The van der Waals surface area contributed by atoms with Crippen molar-refractivity contribution in [3.63, 3.8) is 0 Å². The number of carbonyl (C=O) groups excluding carboxylic acids is 2. The van der Waals surface area contributed by atoms with Gasteiger partial charge in [0.2, 0.25) is 6.79 Å². The number of benzene rings is 1. The summed E-state index contributed by atoms with van der Waals surface area (Å²) in [6.07, 6.45) is 5.60. The zero-order valence-corrected chi connectivity index (χ0v) is 13.6. The molecule has 1 aromatic carbocycles. The molecule has 1 N–H and O–H groups in total. The van der Waals surface area contributed by atoms with E-state index in [4.69, 9.17) is 14.2 Å². The van der Waals surface area contributed by atoms with Gasteiger partial charge in [-0.2, -0.15) is 0 Å². The second-order valence-corrected chi connectivity index (χ2v) is 6.01. The van der Waals surface area contributed by atoms with Crippen molar-refractivity contribution in [3.05, 3.63) is 35.9 Å². The lowest BCUT2D eigenvalue weighted by molar-refractivity contribution is -0.155. The Balaban J connectivity index is 1.44. The van der Waals surface area contributed by atoms with Gasteiger partial charge in [0, 0.05) is 6.54 Å². The largest absolute Gasteiger partial charge is 0.454 e. The van der Waals surface area contributed by atoms with Crippen LogP contribution in [0, 0.1) is 5.92 Å². The molecule has 24 heavy (non-hydrogen) atoms. The molecule has 2 unspecified atom stereocenters. The molecule has 2 aliphatic rings. The van der Waals surface area contributed by atoms with Crippen molar-refractivity contribution in [2.24, 2.45) is 5.92 Å². The van der Waals surface area contributed by atoms with Gasteiger partial charge in [-0.25, -0.2) is 0 Å². The molecule has 0 aromatic heterocycles. The number of carbonyl (C=O) groups is 2. The SMILES string of the molecule is CC(OC(=O)CC1C=CCC1)C(=O)NCc1ccc2c(c1)OCO2. The Morgan fingerprint density at radius 3 is 2.96 bits per heavy atom. The van der Waals surface area contributed by atoms with Crippen molar-refractivity contribution < 1.29 is 23.8 Å². The van der Waals surface area contributed by atoms with E-state index in [0.29, 0.717) is 24.5 Å². The van der Waals surface area contributed by atoms with Gasteiger partial charge >= 0.3 is 5.97 Å². The lowest BCUT2D eigenvalue weighted by Crippen LogP contribution is -2.35. The van der Waals surface area contributed by atoms with Crippen molar-refractivity contribution in [1.82, 2.24) is 5.32 Å². The normalized spacial score (nSPS) is 19.1. The topological polar surface area (TPSA) is 73.9 Å². The molecular formula is C18H21NO5. The average molecular weight is 331 g/mol. The molecule has 1 aliphatic heterocycles. The fourth-order valence-corrected chi connectivity index (χ4v) is 2.76. The molecule has 2 atom stereocenters. The van der Waals surface area contributed by atoms with Gasteiger partial charge in [-0.15, -0.1) is 0 Å². The lowest BCUT2D eigenvalue weighted by Gasteiger charge is -2.15. The van der Waals surface area contributed by atoms with Crippen LogP contribution in [0.2, 0.25) is 0 Å². The zero-order chi connectivity index (χ0) is 16.9. The Morgan fingerprint density at radius 2 is 2.17 bits per heavy atom. The first kappa shape index (κ1) is 16.4. The Hall–Kier alpha value is -2.50. The van der Waals surface area contributed by atoms with Gasteiger partial charge in [0.1, 0.15) is 0 Å². The van der Waals surface area contributed by atoms with E-state index < -0.39 is 6.10 Å². The number of esters is 1. The molecule has 6 heteroatoms. The number of ether oxygens (including phenoxy) is 3. The second-order valence-electron chi connectivity index (χ2n) is 6.01. The highest BCUT2D eigenvalue weighted by Crippen LogP contribution is 2.32.